The van der Waals surface area contributed by atoms with Crippen LogP contribution in [0.3, 0.4) is 0 Å². The number of hydrogen-bond acceptors (Lipinski definition) is 9. The van der Waals surface area contributed by atoms with Gasteiger partial charge in [0.05, 0.1) is 6.04 Å². The van der Waals surface area contributed by atoms with Gasteiger partial charge >= 0.3 is 0 Å². The van der Waals surface area contributed by atoms with Crippen molar-refractivity contribution in [2.24, 2.45) is 34.6 Å². The molecule has 0 heterocycles. The number of benzene rings is 2. The summed E-state index contributed by atoms with van der Waals surface area (Å²) in [6.45, 7) is 4.08. The van der Waals surface area contributed by atoms with Crippen LogP contribution in [0.4, 0.5) is 10.1 Å². The summed E-state index contributed by atoms with van der Waals surface area (Å²) in [4.78, 5) is 67.2. The van der Waals surface area contributed by atoms with E-state index in [9.17, 15) is 28.4 Å². The molecule has 0 aliphatic heterocycles. The highest BCUT2D eigenvalue weighted by Crippen LogP contribution is 2.14. The summed E-state index contributed by atoms with van der Waals surface area (Å²) in [5, 5.41) is 40.7. The van der Waals surface area contributed by atoms with E-state index in [1.807, 2.05) is 13.8 Å². The van der Waals surface area contributed by atoms with E-state index in [0.717, 1.165) is 0 Å². The molecule has 0 aliphatic rings. The monoisotopic (exact) mass is 811 g/mol. The van der Waals surface area contributed by atoms with Gasteiger partial charge in [-0.25, -0.2) is 4.39 Å². The average molecular weight is 812 g/mol. The normalized spacial score (nSPS) is 13.4. The van der Waals surface area contributed by atoms with Crippen molar-refractivity contribution in [1.29, 1.82) is 16.2 Å². The van der Waals surface area contributed by atoms with E-state index < -0.39 is 65.6 Å². The lowest BCUT2D eigenvalue weighted by Gasteiger charge is -2.27. The summed E-state index contributed by atoms with van der Waals surface area (Å²) in [6, 6.07) is 6.16. The predicted molar refractivity (Wildman–Crippen MR) is 218 cm³/mol. The molecule has 21 heteroatoms. The van der Waals surface area contributed by atoms with Crippen LogP contribution in [0.1, 0.15) is 57.1 Å². The van der Waals surface area contributed by atoms with Crippen LogP contribution in [0.25, 0.3) is 0 Å². The molecule has 0 aromatic heterocycles. The maximum Gasteiger partial charge on any atom is 0.243 e. The fourth-order valence-corrected chi connectivity index (χ4v) is 5.70. The lowest BCUT2D eigenvalue weighted by Crippen LogP contribution is -2.59. The first-order chi connectivity index (χ1) is 27.3. The van der Waals surface area contributed by atoms with Crippen molar-refractivity contribution in [2.45, 2.75) is 89.0 Å². The van der Waals surface area contributed by atoms with Crippen LogP contribution in [0.2, 0.25) is 0 Å². The first-order valence-electron chi connectivity index (χ1n) is 18.7. The van der Waals surface area contributed by atoms with Crippen LogP contribution < -0.4 is 65.9 Å². The predicted octanol–water partition coefficient (Wildman–Crippen LogP) is -1.76. The number of nitrogens with two attached hydrogens (primary N) is 5. The molecule has 2 aromatic rings. The topological polar surface area (TPSA) is 371 Å². The Morgan fingerprint density at radius 1 is 0.603 bits per heavy atom. The summed E-state index contributed by atoms with van der Waals surface area (Å²) in [7, 11) is 0. The van der Waals surface area contributed by atoms with Crippen molar-refractivity contribution in [3.8, 4) is 0 Å². The molecule has 0 bridgehead atoms. The highest BCUT2D eigenvalue weighted by molar-refractivity contribution is 5.96. The maximum absolute atomic E-state index is 14.0. The second-order valence-electron chi connectivity index (χ2n) is 14.1. The Morgan fingerprint density at radius 3 is 1.57 bits per heavy atom. The Labute approximate surface area is 336 Å². The molecule has 0 unspecified atom stereocenters. The Hall–Kier alpha value is -6.51. The zero-order valence-electron chi connectivity index (χ0n) is 32.8. The number of rotatable bonds is 24. The van der Waals surface area contributed by atoms with Crippen molar-refractivity contribution < 1.29 is 28.4 Å². The van der Waals surface area contributed by atoms with Crippen molar-refractivity contribution in [1.82, 2.24) is 31.9 Å². The van der Waals surface area contributed by atoms with E-state index in [1.54, 1.807) is 24.3 Å². The minimum atomic E-state index is -1.24. The van der Waals surface area contributed by atoms with Gasteiger partial charge in [0, 0.05) is 25.2 Å². The second kappa shape index (κ2) is 24.2. The number of nitrogens with one attached hydrogen (secondary N) is 10. The molecule has 0 saturated carbocycles. The van der Waals surface area contributed by atoms with Gasteiger partial charge in [0.15, 0.2) is 17.9 Å². The first-order valence-corrected chi connectivity index (χ1v) is 18.7. The first kappa shape index (κ1) is 47.6. The van der Waals surface area contributed by atoms with E-state index in [2.05, 4.69) is 37.2 Å². The number of amides is 5. The fourth-order valence-electron chi connectivity index (χ4n) is 5.70. The van der Waals surface area contributed by atoms with Crippen molar-refractivity contribution >= 4 is 53.1 Å². The van der Waals surface area contributed by atoms with Gasteiger partial charge in [-0.3, -0.25) is 40.2 Å². The van der Waals surface area contributed by atoms with E-state index >= 15 is 0 Å². The van der Waals surface area contributed by atoms with Gasteiger partial charge in [0.2, 0.25) is 29.5 Å². The van der Waals surface area contributed by atoms with Crippen LogP contribution in [0, 0.1) is 28.0 Å². The largest absolute Gasteiger partial charge is 0.370 e. The number of halogens is 1. The quantitative estimate of drug-likeness (QED) is 0.0319. The van der Waals surface area contributed by atoms with Gasteiger partial charge in [0.25, 0.3) is 0 Å². The average Bonchev–Trinajstić information content (AvgIpc) is 3.14. The maximum atomic E-state index is 14.0. The fraction of sp³-hybridized carbons (Fsp3) is 0.459. The Kier molecular flexibility index (Phi) is 19.9. The SMILES string of the molecule is CC(C)C[C@H](NC(=O)[C@H](Cc1ccc(NC(=N)N)cc1)NC(=O)[C@@H](N)Cc1ccc(F)cc1)C(=O)N[C@@H](CCCNC(=N)N)C(=O)N[C@@H](CCCNC(=N)N)C(N)=O. The highest BCUT2D eigenvalue weighted by Gasteiger charge is 2.32. The minimum absolute atomic E-state index is 0.0384. The molecule has 20 N–H and O–H groups in total. The van der Waals surface area contributed by atoms with Gasteiger partial charge in [-0.15, -0.1) is 0 Å². The number of anilines is 1. The van der Waals surface area contributed by atoms with Gasteiger partial charge in [0.1, 0.15) is 30.0 Å². The highest BCUT2D eigenvalue weighted by atomic mass is 19.1. The van der Waals surface area contributed by atoms with Crippen LogP contribution in [-0.4, -0.2) is 90.7 Å². The number of hydrogen-bond donors (Lipinski definition) is 15. The van der Waals surface area contributed by atoms with Gasteiger partial charge in [-0.2, -0.15) is 0 Å². The summed E-state index contributed by atoms with van der Waals surface area (Å²) in [5.74, 6) is -5.09. The van der Waals surface area contributed by atoms with Crippen LogP contribution in [-0.2, 0) is 36.8 Å². The van der Waals surface area contributed by atoms with Crippen LogP contribution >= 0.6 is 0 Å². The lowest BCUT2D eigenvalue weighted by atomic mass is 9.99. The third-order valence-corrected chi connectivity index (χ3v) is 8.61. The molecule has 5 amide bonds. The third-order valence-electron chi connectivity index (χ3n) is 8.61. The van der Waals surface area contributed by atoms with E-state index in [1.165, 1.54) is 24.3 Å². The molecule has 5 atom stereocenters. The van der Waals surface area contributed by atoms with Crippen LogP contribution in [0.15, 0.2) is 48.5 Å². The number of guanidine groups is 3. The van der Waals surface area contributed by atoms with Crippen molar-refractivity contribution in [2.75, 3.05) is 18.4 Å². The van der Waals surface area contributed by atoms with E-state index in [4.69, 9.17) is 44.9 Å². The zero-order chi connectivity index (χ0) is 43.4. The Bertz CT molecular complexity index is 1730. The van der Waals surface area contributed by atoms with Gasteiger partial charge in [-0.05, 0) is 79.8 Å². The summed E-state index contributed by atoms with van der Waals surface area (Å²) in [6.07, 6.45) is 0.859. The summed E-state index contributed by atoms with van der Waals surface area (Å²) >= 11 is 0. The second-order valence-corrected chi connectivity index (χ2v) is 14.1. The molecule has 318 valence electrons. The number of primary amides is 1. The zero-order valence-corrected chi connectivity index (χ0v) is 32.8. The third kappa shape index (κ3) is 18.4. The molecule has 58 heavy (non-hydrogen) atoms. The van der Waals surface area contributed by atoms with Crippen LogP contribution in [0.5, 0.6) is 0 Å². The molecular weight excluding hydrogens is 754 g/mol. The van der Waals surface area contributed by atoms with Gasteiger partial charge < -0.3 is 65.9 Å². The smallest absolute Gasteiger partial charge is 0.243 e. The molecule has 2 aromatic carbocycles. The summed E-state index contributed by atoms with van der Waals surface area (Å²) < 4.78 is 13.5. The van der Waals surface area contributed by atoms with E-state index in [0.29, 0.717) is 23.2 Å². The molecule has 0 aliphatic carbocycles. The molecular formula is C37H58FN15O5. The standard InChI is InChI=1S/C37H58FN15O5/c1-20(2)17-28(33(57)51-27(6-4-16-48-36(43)44)32(56)50-26(30(40)54)5-3-15-47-35(41)42)53-34(58)29(19-22-9-13-24(14-10-22)49-37(45)46)52-31(55)25(39)18-21-7-11-23(38)12-8-21/h7-14,20,25-29H,3-6,15-19,39H2,1-2H3,(H2,40,54)(H,50,56)(H,51,57)(H,52,55)(H,53,58)(H4,41,42,47)(H4,43,44,48)(H4,45,46,49)/t25-,26-,27-,28-,29-/m0/s1. The van der Waals surface area contributed by atoms with Crippen molar-refractivity contribution in [3.05, 3.63) is 65.5 Å². The van der Waals surface area contributed by atoms with Gasteiger partial charge in [-0.1, -0.05) is 38.1 Å². The molecule has 0 radical (unpaired) electrons. The van der Waals surface area contributed by atoms with Crippen molar-refractivity contribution in [3.63, 3.8) is 0 Å². The number of carbonyl (C=O) groups is 5. The molecule has 0 spiro atoms. The molecule has 0 saturated heterocycles. The Balaban J connectivity index is 2.35. The Morgan fingerprint density at radius 2 is 1.05 bits per heavy atom. The van der Waals surface area contributed by atoms with E-state index in [-0.39, 0.29) is 75.4 Å². The number of carbonyl (C=O) groups excluding carboxylic acids is 5. The lowest BCUT2D eigenvalue weighted by molar-refractivity contribution is -0.134. The molecule has 0 fully saturated rings. The molecule has 2 rings (SSSR count). The summed E-state index contributed by atoms with van der Waals surface area (Å²) in [5.41, 5.74) is 29.6. The minimum Gasteiger partial charge on any atom is -0.370 e. The molecule has 20 nitrogen and oxygen atoms in total.